The lowest BCUT2D eigenvalue weighted by atomic mass is 9.81. The summed E-state index contributed by atoms with van der Waals surface area (Å²) >= 11 is 0. The Hall–Kier alpha value is -3.31. The first-order chi connectivity index (χ1) is 23.0. The number of rotatable bonds is 10. The first-order valence-electron chi connectivity index (χ1n) is 18.3. The summed E-state index contributed by atoms with van der Waals surface area (Å²) in [7, 11) is 2.05. The SMILES string of the molecule is C=C/C(=C\C)c1ccc(=O)n(-c2ccccc2C)n1.CCC.CCCCCCCC.CNCC1(C)CCCC1C.Cc1ccc(F)cc1. The van der Waals surface area contributed by atoms with E-state index in [0.29, 0.717) is 5.41 Å². The van der Waals surface area contributed by atoms with Crippen LogP contribution in [-0.2, 0) is 0 Å². The highest BCUT2D eigenvalue weighted by molar-refractivity contribution is 5.70. The van der Waals surface area contributed by atoms with Gasteiger partial charge in [0.25, 0.3) is 5.56 Å². The number of halogens is 1. The zero-order valence-electron chi connectivity index (χ0n) is 32.2. The molecule has 2 atom stereocenters. The second kappa shape index (κ2) is 26.6. The maximum absolute atomic E-state index is 12.1. The number of hydrogen-bond donors (Lipinski definition) is 1. The minimum atomic E-state index is -0.171. The predicted molar refractivity (Wildman–Crippen MR) is 210 cm³/mol. The second-order valence-corrected chi connectivity index (χ2v) is 13.1. The van der Waals surface area contributed by atoms with Crippen LogP contribution in [0.1, 0.15) is 129 Å². The largest absolute Gasteiger partial charge is 0.319 e. The molecule has 1 aromatic heterocycles. The molecule has 4 nitrogen and oxygen atoms in total. The van der Waals surface area contributed by atoms with Crippen LogP contribution in [0.5, 0.6) is 0 Å². The summed E-state index contributed by atoms with van der Waals surface area (Å²) in [6, 6.07) is 17.3. The van der Waals surface area contributed by atoms with E-state index < -0.39 is 0 Å². The molecule has 0 radical (unpaired) electrons. The van der Waals surface area contributed by atoms with E-state index in [-0.39, 0.29) is 11.4 Å². The van der Waals surface area contributed by atoms with Crippen molar-refractivity contribution >= 4 is 5.57 Å². The number of nitrogens with one attached hydrogen (secondary N) is 1. The van der Waals surface area contributed by atoms with Crippen molar-refractivity contribution in [3.8, 4) is 5.69 Å². The van der Waals surface area contributed by atoms with E-state index in [1.54, 1.807) is 24.3 Å². The Labute approximate surface area is 294 Å². The Balaban J connectivity index is 0.000000645. The smallest absolute Gasteiger partial charge is 0.271 e. The van der Waals surface area contributed by atoms with Crippen LogP contribution in [0.25, 0.3) is 11.3 Å². The third-order valence-corrected chi connectivity index (χ3v) is 8.59. The number of hydrogen-bond acceptors (Lipinski definition) is 3. The fraction of sp³-hybridized carbons (Fsp3) is 0.535. The van der Waals surface area contributed by atoms with Crippen LogP contribution >= 0.6 is 0 Å². The topological polar surface area (TPSA) is 46.9 Å². The van der Waals surface area contributed by atoms with Gasteiger partial charge in [-0.1, -0.05) is 154 Å². The van der Waals surface area contributed by atoms with Crippen molar-refractivity contribution in [2.75, 3.05) is 13.6 Å². The van der Waals surface area contributed by atoms with Gasteiger partial charge >= 0.3 is 0 Å². The van der Waals surface area contributed by atoms with Crippen LogP contribution in [0.2, 0.25) is 0 Å². The number of aromatic nitrogens is 2. The summed E-state index contributed by atoms with van der Waals surface area (Å²) in [5.74, 6) is 0.746. The summed E-state index contributed by atoms with van der Waals surface area (Å²) in [6.45, 7) is 24.3. The molecule has 0 spiro atoms. The second-order valence-electron chi connectivity index (χ2n) is 13.1. The van der Waals surface area contributed by atoms with Crippen LogP contribution in [0.3, 0.4) is 0 Å². The normalized spacial score (nSPS) is 16.5. The standard InChI is InChI=1S/C16H16N2O.C9H19N.C8H18.C7H7F.C3H8/c1-4-13(5-2)14-10-11-16(19)18(17-14)15-9-7-6-8-12(15)3;1-8-5-4-6-9(8,2)7-10-3;1-3-5-7-8-6-4-2;1-6-2-4-7(8)5-3-6;1-3-2/h4-11H,1H2,2-3H3;8,10H,4-7H2,1-3H3;3-8H2,1-2H3;2-5H,1H3;3H2,1-2H3/b13-5+;;;;. The summed E-state index contributed by atoms with van der Waals surface area (Å²) in [4.78, 5) is 12.0. The minimum Gasteiger partial charge on any atom is -0.319 e. The molecule has 1 saturated carbocycles. The maximum Gasteiger partial charge on any atom is 0.271 e. The highest BCUT2D eigenvalue weighted by atomic mass is 19.1. The maximum atomic E-state index is 12.1. The fourth-order valence-electron chi connectivity index (χ4n) is 5.37. The lowest BCUT2D eigenvalue weighted by Gasteiger charge is -2.28. The van der Waals surface area contributed by atoms with Gasteiger partial charge in [-0.3, -0.25) is 4.79 Å². The van der Waals surface area contributed by atoms with Crippen molar-refractivity contribution < 1.29 is 4.39 Å². The van der Waals surface area contributed by atoms with Gasteiger partial charge in [0.05, 0.1) is 11.4 Å². The zero-order valence-corrected chi connectivity index (χ0v) is 32.2. The number of allylic oxidation sites excluding steroid dienone is 3. The Morgan fingerprint density at radius 1 is 0.979 bits per heavy atom. The van der Waals surface area contributed by atoms with Crippen molar-refractivity contribution in [3.63, 3.8) is 0 Å². The molecule has 0 aliphatic heterocycles. The Morgan fingerprint density at radius 3 is 2.00 bits per heavy atom. The molecule has 2 aromatic carbocycles. The monoisotopic (exact) mass is 662 g/mol. The number of benzene rings is 2. The highest BCUT2D eigenvalue weighted by Crippen LogP contribution is 2.41. The molecular weight excluding hydrogens is 593 g/mol. The quantitative estimate of drug-likeness (QED) is 0.174. The molecule has 48 heavy (non-hydrogen) atoms. The number of para-hydroxylation sites is 1. The molecule has 0 bridgehead atoms. The van der Waals surface area contributed by atoms with Gasteiger partial charge in [-0.05, 0) is 81.0 Å². The van der Waals surface area contributed by atoms with Crippen molar-refractivity contribution in [2.45, 2.75) is 127 Å². The molecule has 5 heteroatoms. The van der Waals surface area contributed by atoms with Gasteiger partial charge in [0.15, 0.2) is 0 Å². The third-order valence-electron chi connectivity index (χ3n) is 8.59. The van der Waals surface area contributed by atoms with Crippen LogP contribution in [0.4, 0.5) is 4.39 Å². The number of nitrogens with zero attached hydrogens (tertiary/aromatic N) is 2. The fourth-order valence-corrected chi connectivity index (χ4v) is 5.37. The van der Waals surface area contributed by atoms with Crippen molar-refractivity contribution in [3.05, 3.63) is 112 Å². The highest BCUT2D eigenvalue weighted by Gasteiger charge is 2.34. The Kier molecular flexibility index (Phi) is 24.8. The molecule has 3 aromatic rings. The molecule has 1 heterocycles. The molecule has 1 aliphatic carbocycles. The average molecular weight is 662 g/mol. The minimum absolute atomic E-state index is 0.141. The number of unbranched alkanes of at least 4 members (excludes halogenated alkanes) is 5. The van der Waals surface area contributed by atoms with Crippen LogP contribution in [0, 0.1) is 31.0 Å². The molecule has 1 N–H and O–H groups in total. The van der Waals surface area contributed by atoms with Crippen molar-refractivity contribution in [1.82, 2.24) is 15.1 Å². The lowest BCUT2D eigenvalue weighted by molar-refractivity contribution is 0.241. The van der Waals surface area contributed by atoms with Gasteiger partial charge in [0, 0.05) is 12.6 Å². The molecule has 0 amide bonds. The predicted octanol–water partition coefficient (Wildman–Crippen LogP) is 12.1. The summed E-state index contributed by atoms with van der Waals surface area (Å²) < 4.78 is 13.5. The van der Waals surface area contributed by atoms with Gasteiger partial charge < -0.3 is 5.32 Å². The Bertz CT molecular complexity index is 1320. The first-order valence-corrected chi connectivity index (χ1v) is 18.3. The summed E-state index contributed by atoms with van der Waals surface area (Å²) in [5, 5.41) is 7.69. The van der Waals surface area contributed by atoms with E-state index in [4.69, 9.17) is 0 Å². The van der Waals surface area contributed by atoms with E-state index in [2.05, 4.69) is 65.6 Å². The van der Waals surface area contributed by atoms with E-state index in [9.17, 15) is 9.18 Å². The Morgan fingerprint density at radius 2 is 1.56 bits per heavy atom. The molecule has 0 saturated heterocycles. The van der Waals surface area contributed by atoms with Gasteiger partial charge in [-0.2, -0.15) is 9.78 Å². The van der Waals surface area contributed by atoms with E-state index in [0.717, 1.165) is 34.0 Å². The van der Waals surface area contributed by atoms with E-state index in [1.165, 1.54) is 93.6 Å². The summed E-state index contributed by atoms with van der Waals surface area (Å²) in [6.07, 6.45) is 17.7. The average Bonchev–Trinajstić information content (AvgIpc) is 3.41. The van der Waals surface area contributed by atoms with E-state index in [1.807, 2.05) is 51.1 Å². The molecule has 1 aliphatic rings. The van der Waals surface area contributed by atoms with Gasteiger partial charge in [-0.25, -0.2) is 4.39 Å². The van der Waals surface area contributed by atoms with Gasteiger partial charge in [0.2, 0.25) is 0 Å². The van der Waals surface area contributed by atoms with Crippen LogP contribution in [-0.4, -0.2) is 23.4 Å². The molecule has 268 valence electrons. The van der Waals surface area contributed by atoms with Crippen LogP contribution < -0.4 is 10.9 Å². The van der Waals surface area contributed by atoms with Crippen LogP contribution in [0.15, 0.2) is 84.2 Å². The molecule has 2 unspecified atom stereocenters. The zero-order chi connectivity index (χ0) is 36.4. The molecule has 4 rings (SSSR count). The lowest BCUT2D eigenvalue weighted by Crippen LogP contribution is -2.31. The molecule has 1 fully saturated rings. The van der Waals surface area contributed by atoms with Crippen molar-refractivity contribution in [1.29, 1.82) is 0 Å². The van der Waals surface area contributed by atoms with Gasteiger partial charge in [0.1, 0.15) is 5.82 Å². The molecular formula is C43H68FN3O. The number of aryl methyl sites for hydroxylation is 2. The van der Waals surface area contributed by atoms with Gasteiger partial charge in [-0.15, -0.1) is 0 Å². The van der Waals surface area contributed by atoms with E-state index >= 15 is 0 Å². The van der Waals surface area contributed by atoms with Crippen molar-refractivity contribution in [2.24, 2.45) is 11.3 Å². The third kappa shape index (κ3) is 17.7. The summed E-state index contributed by atoms with van der Waals surface area (Å²) in [5.41, 5.74) is 4.99. The first kappa shape index (κ1) is 44.7.